The van der Waals surface area contributed by atoms with Crippen molar-refractivity contribution in [1.29, 1.82) is 0 Å². The predicted octanol–water partition coefficient (Wildman–Crippen LogP) is 2.77. The SMILES string of the molecule is Cc1nc(C(C)(C)C)oc1CCC(=O)N(C)C1CCN(C)CC1. The molecule has 0 radical (unpaired) electrons. The minimum atomic E-state index is -0.0993. The molecule has 23 heavy (non-hydrogen) atoms. The first kappa shape index (κ1) is 18.0. The fraction of sp³-hybridized carbons (Fsp3) is 0.778. The Bertz CT molecular complexity index is 537. The predicted molar refractivity (Wildman–Crippen MR) is 91.6 cm³/mol. The smallest absolute Gasteiger partial charge is 0.223 e. The maximum absolute atomic E-state index is 12.5. The Morgan fingerprint density at radius 3 is 2.48 bits per heavy atom. The Labute approximate surface area is 140 Å². The van der Waals surface area contributed by atoms with Crippen molar-refractivity contribution in [1.82, 2.24) is 14.8 Å². The number of oxazole rings is 1. The summed E-state index contributed by atoms with van der Waals surface area (Å²) >= 11 is 0. The summed E-state index contributed by atoms with van der Waals surface area (Å²) in [4.78, 5) is 21.2. The molecule has 0 saturated carbocycles. The molecule has 2 rings (SSSR count). The lowest BCUT2D eigenvalue weighted by molar-refractivity contribution is -0.132. The van der Waals surface area contributed by atoms with Crippen LogP contribution in [0.1, 0.15) is 57.4 Å². The van der Waals surface area contributed by atoms with Crippen molar-refractivity contribution in [2.45, 2.75) is 64.8 Å². The van der Waals surface area contributed by atoms with Gasteiger partial charge in [-0.3, -0.25) is 4.79 Å². The van der Waals surface area contributed by atoms with Crippen LogP contribution >= 0.6 is 0 Å². The van der Waals surface area contributed by atoms with E-state index in [1.54, 1.807) is 0 Å². The van der Waals surface area contributed by atoms with Crippen LogP contribution in [-0.4, -0.2) is 53.9 Å². The maximum Gasteiger partial charge on any atom is 0.223 e. The fourth-order valence-corrected chi connectivity index (χ4v) is 2.96. The molecule has 0 spiro atoms. The number of piperidine rings is 1. The van der Waals surface area contributed by atoms with Gasteiger partial charge in [-0.25, -0.2) is 4.98 Å². The van der Waals surface area contributed by atoms with Crippen LogP contribution in [0.3, 0.4) is 0 Å². The van der Waals surface area contributed by atoms with Crippen LogP contribution in [0, 0.1) is 6.92 Å². The second-order valence-corrected chi connectivity index (χ2v) is 7.82. The van der Waals surface area contributed by atoms with Gasteiger partial charge in [-0.15, -0.1) is 0 Å². The lowest BCUT2D eigenvalue weighted by Gasteiger charge is -2.35. The van der Waals surface area contributed by atoms with E-state index >= 15 is 0 Å². The van der Waals surface area contributed by atoms with Gasteiger partial charge in [-0.05, 0) is 39.9 Å². The van der Waals surface area contributed by atoms with Crippen molar-refractivity contribution in [3.8, 4) is 0 Å². The van der Waals surface area contributed by atoms with Gasteiger partial charge in [0.2, 0.25) is 5.91 Å². The molecule has 1 aliphatic rings. The number of amides is 1. The minimum absolute atomic E-state index is 0.0993. The number of carbonyl (C=O) groups is 1. The van der Waals surface area contributed by atoms with E-state index in [4.69, 9.17) is 4.42 Å². The largest absolute Gasteiger partial charge is 0.445 e. The molecular weight excluding hydrogens is 290 g/mol. The van der Waals surface area contributed by atoms with Gasteiger partial charge in [-0.1, -0.05) is 20.8 Å². The Hall–Kier alpha value is -1.36. The Morgan fingerprint density at radius 1 is 1.35 bits per heavy atom. The Morgan fingerprint density at radius 2 is 1.96 bits per heavy atom. The molecule has 1 aromatic heterocycles. The average molecular weight is 321 g/mol. The summed E-state index contributed by atoms with van der Waals surface area (Å²) in [6.45, 7) is 10.3. The van der Waals surface area contributed by atoms with Gasteiger partial charge in [0.15, 0.2) is 5.89 Å². The molecule has 0 aliphatic carbocycles. The van der Waals surface area contributed by atoms with Crippen molar-refractivity contribution in [2.75, 3.05) is 27.2 Å². The molecule has 0 atom stereocenters. The lowest BCUT2D eigenvalue weighted by Crippen LogP contribution is -2.44. The molecule has 0 N–H and O–H groups in total. The van der Waals surface area contributed by atoms with E-state index in [9.17, 15) is 4.79 Å². The normalized spacial score (nSPS) is 17.5. The molecule has 130 valence electrons. The molecular formula is C18H31N3O2. The summed E-state index contributed by atoms with van der Waals surface area (Å²) < 4.78 is 5.88. The van der Waals surface area contributed by atoms with Gasteiger partial charge in [0, 0.05) is 31.3 Å². The van der Waals surface area contributed by atoms with E-state index in [0.29, 0.717) is 18.9 Å². The summed E-state index contributed by atoms with van der Waals surface area (Å²) in [5.74, 6) is 1.80. The number of aromatic nitrogens is 1. The number of aryl methyl sites for hydroxylation is 2. The molecule has 1 amide bonds. The zero-order valence-corrected chi connectivity index (χ0v) is 15.5. The third kappa shape index (κ3) is 4.56. The Kier molecular flexibility index (Phi) is 5.50. The Balaban J connectivity index is 1.90. The third-order valence-corrected chi connectivity index (χ3v) is 4.73. The zero-order chi connectivity index (χ0) is 17.2. The first-order valence-corrected chi connectivity index (χ1v) is 8.59. The number of likely N-dealkylation sites (tertiary alicyclic amines) is 1. The van der Waals surface area contributed by atoms with Crippen LogP contribution < -0.4 is 0 Å². The molecule has 1 aromatic rings. The molecule has 5 heteroatoms. The van der Waals surface area contributed by atoms with Gasteiger partial charge in [0.1, 0.15) is 5.76 Å². The zero-order valence-electron chi connectivity index (χ0n) is 15.5. The number of hydrogen-bond acceptors (Lipinski definition) is 4. The highest BCUT2D eigenvalue weighted by molar-refractivity contribution is 5.76. The molecule has 1 saturated heterocycles. The maximum atomic E-state index is 12.5. The molecule has 1 aliphatic heterocycles. The van der Waals surface area contributed by atoms with Crippen molar-refractivity contribution in [2.24, 2.45) is 0 Å². The second kappa shape index (κ2) is 7.04. The van der Waals surface area contributed by atoms with Crippen molar-refractivity contribution in [3.63, 3.8) is 0 Å². The molecule has 0 bridgehead atoms. The van der Waals surface area contributed by atoms with E-state index in [0.717, 1.165) is 43.3 Å². The van der Waals surface area contributed by atoms with Crippen LogP contribution in [0.25, 0.3) is 0 Å². The summed E-state index contributed by atoms with van der Waals surface area (Å²) in [7, 11) is 4.07. The van der Waals surface area contributed by atoms with E-state index in [1.165, 1.54) is 0 Å². The summed E-state index contributed by atoms with van der Waals surface area (Å²) in [6.07, 6.45) is 3.25. The van der Waals surface area contributed by atoms with Crippen molar-refractivity contribution in [3.05, 3.63) is 17.3 Å². The van der Waals surface area contributed by atoms with Crippen LogP contribution in [0.15, 0.2) is 4.42 Å². The second-order valence-electron chi connectivity index (χ2n) is 7.82. The highest BCUT2D eigenvalue weighted by Crippen LogP contribution is 2.24. The highest BCUT2D eigenvalue weighted by Gasteiger charge is 2.25. The van der Waals surface area contributed by atoms with E-state index in [1.807, 2.05) is 18.9 Å². The molecule has 1 fully saturated rings. The third-order valence-electron chi connectivity index (χ3n) is 4.73. The average Bonchev–Trinajstić information content (AvgIpc) is 2.86. The summed E-state index contributed by atoms with van der Waals surface area (Å²) in [6, 6.07) is 0.375. The van der Waals surface area contributed by atoms with Gasteiger partial charge in [-0.2, -0.15) is 0 Å². The van der Waals surface area contributed by atoms with Gasteiger partial charge >= 0.3 is 0 Å². The minimum Gasteiger partial charge on any atom is -0.445 e. The van der Waals surface area contributed by atoms with E-state index in [2.05, 4.69) is 37.7 Å². The highest BCUT2D eigenvalue weighted by atomic mass is 16.4. The molecule has 0 aromatic carbocycles. The molecule has 2 heterocycles. The van der Waals surface area contributed by atoms with Crippen LogP contribution in [0.5, 0.6) is 0 Å². The monoisotopic (exact) mass is 321 g/mol. The van der Waals surface area contributed by atoms with Gasteiger partial charge < -0.3 is 14.2 Å². The molecule has 5 nitrogen and oxygen atoms in total. The number of rotatable bonds is 4. The quantitative estimate of drug-likeness (QED) is 0.855. The van der Waals surface area contributed by atoms with Gasteiger partial charge in [0.05, 0.1) is 5.69 Å². The first-order chi connectivity index (χ1) is 10.7. The van der Waals surface area contributed by atoms with Crippen LogP contribution in [-0.2, 0) is 16.6 Å². The van der Waals surface area contributed by atoms with Crippen molar-refractivity contribution < 1.29 is 9.21 Å². The fourth-order valence-electron chi connectivity index (χ4n) is 2.96. The van der Waals surface area contributed by atoms with Crippen LogP contribution in [0.2, 0.25) is 0 Å². The number of carbonyl (C=O) groups excluding carboxylic acids is 1. The summed E-state index contributed by atoms with van der Waals surface area (Å²) in [5, 5.41) is 0. The van der Waals surface area contributed by atoms with E-state index in [-0.39, 0.29) is 11.3 Å². The molecule has 0 unspecified atom stereocenters. The van der Waals surface area contributed by atoms with Crippen LogP contribution in [0.4, 0.5) is 0 Å². The van der Waals surface area contributed by atoms with Crippen molar-refractivity contribution >= 4 is 5.91 Å². The summed E-state index contributed by atoms with van der Waals surface area (Å²) in [5.41, 5.74) is 0.808. The lowest BCUT2D eigenvalue weighted by atomic mass is 9.97. The topological polar surface area (TPSA) is 49.6 Å². The number of hydrogen-bond donors (Lipinski definition) is 0. The number of nitrogens with zero attached hydrogens (tertiary/aromatic N) is 3. The first-order valence-electron chi connectivity index (χ1n) is 8.59. The van der Waals surface area contributed by atoms with Gasteiger partial charge in [0.25, 0.3) is 0 Å². The van der Waals surface area contributed by atoms with E-state index < -0.39 is 0 Å². The standard InChI is InChI=1S/C18H31N3O2/c1-13-15(23-17(19-13)18(2,3)4)7-8-16(22)21(6)14-9-11-20(5)12-10-14/h14H,7-12H2,1-6H3.